The highest BCUT2D eigenvalue weighted by atomic mass is 35.5. The highest BCUT2D eigenvalue weighted by Gasteiger charge is 2.15. The maximum atomic E-state index is 13.3. The Kier molecular flexibility index (Phi) is 7.57. The molecular formula is C22H19ClFN3O4S. The highest BCUT2D eigenvalue weighted by molar-refractivity contribution is 7.89. The van der Waals surface area contributed by atoms with Gasteiger partial charge in [-0.15, -0.1) is 0 Å². The Morgan fingerprint density at radius 2 is 1.56 bits per heavy atom. The molecular weight excluding hydrogens is 457 g/mol. The number of carbonyl (C=O) groups excluding carboxylic acids is 2. The lowest BCUT2D eigenvalue weighted by Gasteiger charge is -2.10. The number of nitrogens with one attached hydrogen (secondary N) is 3. The van der Waals surface area contributed by atoms with Crippen molar-refractivity contribution >= 4 is 44.8 Å². The van der Waals surface area contributed by atoms with Crippen LogP contribution in [0.15, 0.2) is 77.7 Å². The molecule has 3 N–H and O–H groups in total. The van der Waals surface area contributed by atoms with Crippen LogP contribution in [0.5, 0.6) is 0 Å². The molecule has 0 heterocycles. The van der Waals surface area contributed by atoms with Crippen molar-refractivity contribution in [3.05, 3.63) is 89.2 Å². The van der Waals surface area contributed by atoms with Gasteiger partial charge < -0.3 is 10.6 Å². The van der Waals surface area contributed by atoms with Crippen molar-refractivity contribution in [2.24, 2.45) is 0 Å². The first-order valence-electron chi connectivity index (χ1n) is 9.45. The molecule has 3 rings (SSSR count). The lowest BCUT2D eigenvalue weighted by Crippen LogP contribution is -2.27. The van der Waals surface area contributed by atoms with E-state index in [0.717, 1.165) is 0 Å². The van der Waals surface area contributed by atoms with Gasteiger partial charge in [-0.05, 0) is 54.6 Å². The number of halogens is 2. The maximum absolute atomic E-state index is 13.3. The Bertz CT molecular complexity index is 1250. The molecule has 0 spiro atoms. The quantitative estimate of drug-likeness (QED) is 0.457. The van der Waals surface area contributed by atoms with Crippen LogP contribution in [0, 0.1) is 5.82 Å². The molecule has 7 nitrogen and oxygen atoms in total. The molecule has 0 aromatic heterocycles. The normalized spacial score (nSPS) is 11.1. The standard InChI is InChI=1S/C22H19ClFN3O4S/c23-16-5-2-9-20(13-16)32(30,31)25-11-10-21(28)26-18-7-1-4-15(12-18)22(29)27-19-8-3-6-17(24)14-19/h1-9,12-14,25H,10-11H2,(H,26,28)(H,27,29). The summed E-state index contributed by atoms with van der Waals surface area (Å²) in [6, 6.07) is 17.4. The number of hydrogen-bond acceptors (Lipinski definition) is 4. The molecule has 166 valence electrons. The molecule has 3 aromatic carbocycles. The minimum absolute atomic E-state index is 0.00224. The van der Waals surface area contributed by atoms with E-state index in [1.165, 1.54) is 42.5 Å². The number of hydrogen-bond donors (Lipinski definition) is 3. The van der Waals surface area contributed by atoms with E-state index in [1.54, 1.807) is 30.3 Å². The fourth-order valence-corrected chi connectivity index (χ4v) is 4.08. The monoisotopic (exact) mass is 475 g/mol. The van der Waals surface area contributed by atoms with Crippen molar-refractivity contribution in [2.45, 2.75) is 11.3 Å². The maximum Gasteiger partial charge on any atom is 0.255 e. The highest BCUT2D eigenvalue weighted by Crippen LogP contribution is 2.16. The van der Waals surface area contributed by atoms with Gasteiger partial charge in [-0.1, -0.05) is 29.8 Å². The summed E-state index contributed by atoms with van der Waals surface area (Å²) >= 11 is 5.81. The topological polar surface area (TPSA) is 104 Å². The van der Waals surface area contributed by atoms with Gasteiger partial charge in [0.1, 0.15) is 5.82 Å². The van der Waals surface area contributed by atoms with Gasteiger partial charge in [-0.3, -0.25) is 9.59 Å². The lowest BCUT2D eigenvalue weighted by molar-refractivity contribution is -0.116. The second-order valence-electron chi connectivity index (χ2n) is 6.70. The number of amides is 2. The number of carbonyl (C=O) groups is 2. The fraction of sp³-hybridized carbons (Fsp3) is 0.0909. The molecule has 10 heteroatoms. The summed E-state index contributed by atoms with van der Waals surface area (Å²) in [6.45, 7) is -0.125. The van der Waals surface area contributed by atoms with E-state index >= 15 is 0 Å². The van der Waals surface area contributed by atoms with E-state index in [1.807, 2.05) is 0 Å². The van der Waals surface area contributed by atoms with E-state index < -0.39 is 27.7 Å². The Labute approximate surface area is 189 Å². The smallest absolute Gasteiger partial charge is 0.255 e. The van der Waals surface area contributed by atoms with Crippen LogP contribution >= 0.6 is 11.6 Å². The lowest BCUT2D eigenvalue weighted by atomic mass is 10.1. The Morgan fingerprint density at radius 3 is 2.28 bits per heavy atom. The Morgan fingerprint density at radius 1 is 0.875 bits per heavy atom. The van der Waals surface area contributed by atoms with Crippen LogP contribution in [-0.4, -0.2) is 26.8 Å². The Balaban J connectivity index is 1.54. The summed E-state index contributed by atoms with van der Waals surface area (Å²) < 4.78 is 40.1. The summed E-state index contributed by atoms with van der Waals surface area (Å²) in [6.07, 6.45) is -0.125. The molecule has 0 aliphatic heterocycles. The average molecular weight is 476 g/mol. The van der Waals surface area contributed by atoms with Crippen LogP contribution in [0.4, 0.5) is 15.8 Å². The van der Waals surface area contributed by atoms with Crippen LogP contribution in [0.2, 0.25) is 5.02 Å². The van der Waals surface area contributed by atoms with Crippen LogP contribution in [0.3, 0.4) is 0 Å². The molecule has 0 aliphatic rings. The minimum atomic E-state index is -3.80. The molecule has 0 fully saturated rings. The largest absolute Gasteiger partial charge is 0.326 e. The third-order valence-corrected chi connectivity index (χ3v) is 5.94. The first kappa shape index (κ1) is 23.4. The number of anilines is 2. The molecule has 0 saturated heterocycles. The SMILES string of the molecule is O=C(CCNS(=O)(=O)c1cccc(Cl)c1)Nc1cccc(C(=O)Nc2cccc(F)c2)c1. The second kappa shape index (κ2) is 10.4. The van der Waals surface area contributed by atoms with Crippen molar-refractivity contribution in [1.82, 2.24) is 4.72 Å². The van der Waals surface area contributed by atoms with Crippen LogP contribution in [0.25, 0.3) is 0 Å². The van der Waals surface area contributed by atoms with Crippen LogP contribution < -0.4 is 15.4 Å². The molecule has 32 heavy (non-hydrogen) atoms. The van der Waals surface area contributed by atoms with Crippen molar-refractivity contribution in [2.75, 3.05) is 17.2 Å². The van der Waals surface area contributed by atoms with Gasteiger partial charge >= 0.3 is 0 Å². The van der Waals surface area contributed by atoms with Crippen molar-refractivity contribution in [3.8, 4) is 0 Å². The molecule has 3 aromatic rings. The average Bonchev–Trinajstić information content (AvgIpc) is 2.74. The van der Waals surface area contributed by atoms with Crippen molar-refractivity contribution < 1.29 is 22.4 Å². The fourth-order valence-electron chi connectivity index (χ4n) is 2.75. The van der Waals surface area contributed by atoms with Crippen molar-refractivity contribution in [3.63, 3.8) is 0 Å². The minimum Gasteiger partial charge on any atom is -0.326 e. The third kappa shape index (κ3) is 6.61. The summed E-state index contributed by atoms with van der Waals surface area (Å²) in [5.41, 5.74) is 0.921. The molecule has 0 aliphatic carbocycles. The van der Waals surface area contributed by atoms with E-state index in [0.29, 0.717) is 11.4 Å². The van der Waals surface area contributed by atoms with E-state index in [-0.39, 0.29) is 28.4 Å². The summed E-state index contributed by atoms with van der Waals surface area (Å²) in [7, 11) is -3.80. The molecule has 0 bridgehead atoms. The summed E-state index contributed by atoms with van der Waals surface area (Å²) in [4.78, 5) is 24.6. The van der Waals surface area contributed by atoms with Crippen LogP contribution in [0.1, 0.15) is 16.8 Å². The predicted octanol–water partition coefficient (Wildman–Crippen LogP) is 4.04. The summed E-state index contributed by atoms with van der Waals surface area (Å²) in [5.74, 6) is -1.39. The zero-order valence-electron chi connectivity index (χ0n) is 16.6. The number of rotatable bonds is 8. The van der Waals surface area contributed by atoms with Gasteiger partial charge in [-0.25, -0.2) is 17.5 Å². The van der Waals surface area contributed by atoms with E-state index in [2.05, 4.69) is 15.4 Å². The number of benzene rings is 3. The van der Waals surface area contributed by atoms with Gasteiger partial charge in [-0.2, -0.15) is 0 Å². The van der Waals surface area contributed by atoms with E-state index in [9.17, 15) is 22.4 Å². The van der Waals surface area contributed by atoms with Gasteiger partial charge in [0.25, 0.3) is 5.91 Å². The number of sulfonamides is 1. The predicted molar refractivity (Wildman–Crippen MR) is 121 cm³/mol. The van der Waals surface area contributed by atoms with Gasteiger partial charge in [0.15, 0.2) is 0 Å². The Hall–Kier alpha value is -3.27. The van der Waals surface area contributed by atoms with E-state index in [4.69, 9.17) is 11.6 Å². The third-order valence-electron chi connectivity index (χ3n) is 4.24. The molecule has 0 saturated carbocycles. The first-order valence-corrected chi connectivity index (χ1v) is 11.3. The molecule has 0 radical (unpaired) electrons. The van der Waals surface area contributed by atoms with Crippen molar-refractivity contribution in [1.29, 1.82) is 0 Å². The summed E-state index contributed by atoms with van der Waals surface area (Å²) in [5, 5.41) is 5.47. The zero-order valence-corrected chi connectivity index (χ0v) is 18.2. The van der Waals surface area contributed by atoms with Gasteiger partial charge in [0.05, 0.1) is 4.90 Å². The van der Waals surface area contributed by atoms with Crippen LogP contribution in [-0.2, 0) is 14.8 Å². The first-order chi connectivity index (χ1) is 15.2. The zero-order chi connectivity index (χ0) is 23.1. The molecule has 0 atom stereocenters. The van der Waals surface area contributed by atoms with Gasteiger partial charge in [0, 0.05) is 34.9 Å². The second-order valence-corrected chi connectivity index (χ2v) is 8.90. The molecule has 2 amide bonds. The van der Waals surface area contributed by atoms with Gasteiger partial charge in [0.2, 0.25) is 15.9 Å². The molecule has 0 unspecified atom stereocenters.